The first-order chi connectivity index (χ1) is 8.69. The summed E-state index contributed by atoms with van der Waals surface area (Å²) in [7, 11) is 0. The van der Waals surface area contributed by atoms with Crippen LogP contribution in [-0.2, 0) is 4.79 Å². The molecule has 104 valence electrons. The van der Waals surface area contributed by atoms with Gasteiger partial charge in [-0.25, -0.2) is 4.79 Å². The molecule has 0 aromatic heterocycles. The lowest BCUT2D eigenvalue weighted by atomic mass is 10.1. The Balaban J connectivity index is 2.71. The molecule has 0 saturated carbocycles. The standard InChI is InChI=1S/C14H19NO4/c1-9(13(17)18)19-11-7-5-10(6-8-11)12(16)15-14(2,3)4/h5-9H,1-4H3,(H,15,16)(H,17,18). The molecule has 0 bridgehead atoms. The molecule has 0 aliphatic heterocycles. The number of carboxylic acid groups (broad SMARTS) is 1. The predicted octanol–water partition coefficient (Wildman–Crippen LogP) is 2.07. The normalized spacial score (nSPS) is 12.6. The van der Waals surface area contributed by atoms with Crippen molar-refractivity contribution in [3.8, 4) is 5.75 Å². The van der Waals surface area contributed by atoms with E-state index in [4.69, 9.17) is 9.84 Å². The zero-order chi connectivity index (χ0) is 14.6. The van der Waals surface area contributed by atoms with Gasteiger partial charge in [-0.1, -0.05) is 0 Å². The van der Waals surface area contributed by atoms with Gasteiger partial charge in [-0.15, -0.1) is 0 Å². The Bertz CT molecular complexity index is 459. The first-order valence-electron chi connectivity index (χ1n) is 6.01. The number of ether oxygens (including phenoxy) is 1. The molecule has 0 fully saturated rings. The van der Waals surface area contributed by atoms with Crippen molar-refractivity contribution in [3.05, 3.63) is 29.8 Å². The minimum Gasteiger partial charge on any atom is -0.479 e. The molecule has 0 aliphatic carbocycles. The maximum absolute atomic E-state index is 11.9. The van der Waals surface area contributed by atoms with Gasteiger partial charge in [-0.05, 0) is 52.0 Å². The summed E-state index contributed by atoms with van der Waals surface area (Å²) in [4.78, 5) is 22.5. The smallest absolute Gasteiger partial charge is 0.344 e. The first kappa shape index (κ1) is 15.0. The molecule has 1 unspecified atom stereocenters. The molecule has 5 nitrogen and oxygen atoms in total. The predicted molar refractivity (Wildman–Crippen MR) is 71.4 cm³/mol. The monoisotopic (exact) mass is 265 g/mol. The number of carbonyl (C=O) groups excluding carboxylic acids is 1. The van der Waals surface area contributed by atoms with Crippen LogP contribution in [0.15, 0.2) is 24.3 Å². The summed E-state index contributed by atoms with van der Waals surface area (Å²) in [5.74, 6) is -0.790. The third-order valence-corrected chi connectivity index (χ3v) is 2.27. The number of benzene rings is 1. The second-order valence-electron chi connectivity index (χ2n) is 5.33. The molecular formula is C14H19NO4. The van der Waals surface area contributed by atoms with Gasteiger partial charge in [0.1, 0.15) is 5.75 Å². The van der Waals surface area contributed by atoms with Crippen LogP contribution in [0, 0.1) is 0 Å². The van der Waals surface area contributed by atoms with E-state index in [1.807, 2.05) is 20.8 Å². The average Bonchev–Trinajstić information content (AvgIpc) is 2.27. The van der Waals surface area contributed by atoms with Crippen LogP contribution in [0.3, 0.4) is 0 Å². The van der Waals surface area contributed by atoms with Gasteiger partial charge in [0.2, 0.25) is 0 Å². The van der Waals surface area contributed by atoms with E-state index in [1.54, 1.807) is 24.3 Å². The zero-order valence-electron chi connectivity index (χ0n) is 11.6. The Kier molecular flexibility index (Phi) is 4.53. The molecular weight excluding hydrogens is 246 g/mol. The van der Waals surface area contributed by atoms with Gasteiger partial charge in [0, 0.05) is 11.1 Å². The van der Waals surface area contributed by atoms with Gasteiger partial charge in [0.05, 0.1) is 0 Å². The Hall–Kier alpha value is -2.04. The summed E-state index contributed by atoms with van der Waals surface area (Å²) < 4.78 is 5.18. The van der Waals surface area contributed by atoms with Crippen LogP contribution < -0.4 is 10.1 Å². The molecule has 1 aromatic carbocycles. The molecule has 2 N–H and O–H groups in total. The molecule has 1 aromatic rings. The summed E-state index contributed by atoms with van der Waals surface area (Å²) in [6.45, 7) is 7.15. The van der Waals surface area contributed by atoms with Crippen LogP contribution in [-0.4, -0.2) is 28.6 Å². The third kappa shape index (κ3) is 4.99. The number of amides is 1. The molecule has 0 heterocycles. The number of carbonyl (C=O) groups is 2. The summed E-state index contributed by atoms with van der Waals surface area (Å²) in [5, 5.41) is 11.6. The van der Waals surface area contributed by atoms with E-state index in [0.717, 1.165) is 0 Å². The van der Waals surface area contributed by atoms with E-state index in [0.29, 0.717) is 11.3 Å². The van der Waals surface area contributed by atoms with E-state index in [9.17, 15) is 9.59 Å². The summed E-state index contributed by atoms with van der Waals surface area (Å²) >= 11 is 0. The van der Waals surface area contributed by atoms with Crippen LogP contribution in [0.25, 0.3) is 0 Å². The van der Waals surface area contributed by atoms with Crippen LogP contribution in [0.5, 0.6) is 5.75 Å². The Morgan fingerprint density at radius 2 is 1.74 bits per heavy atom. The Labute approximate surface area is 112 Å². The van der Waals surface area contributed by atoms with Crippen molar-refractivity contribution in [3.63, 3.8) is 0 Å². The first-order valence-corrected chi connectivity index (χ1v) is 6.01. The molecule has 19 heavy (non-hydrogen) atoms. The van der Waals surface area contributed by atoms with E-state index >= 15 is 0 Å². The van der Waals surface area contributed by atoms with Crippen LogP contribution in [0.4, 0.5) is 0 Å². The molecule has 5 heteroatoms. The van der Waals surface area contributed by atoms with Crippen LogP contribution in [0.2, 0.25) is 0 Å². The Morgan fingerprint density at radius 1 is 1.21 bits per heavy atom. The zero-order valence-corrected chi connectivity index (χ0v) is 11.6. The van der Waals surface area contributed by atoms with Crippen molar-refractivity contribution in [2.75, 3.05) is 0 Å². The maximum Gasteiger partial charge on any atom is 0.344 e. The fraction of sp³-hybridized carbons (Fsp3) is 0.429. The number of hydrogen-bond donors (Lipinski definition) is 2. The fourth-order valence-electron chi connectivity index (χ4n) is 1.35. The second kappa shape index (κ2) is 5.73. The van der Waals surface area contributed by atoms with Crippen molar-refractivity contribution >= 4 is 11.9 Å². The largest absolute Gasteiger partial charge is 0.479 e. The van der Waals surface area contributed by atoms with Crippen molar-refractivity contribution in [2.24, 2.45) is 0 Å². The number of hydrogen-bond acceptors (Lipinski definition) is 3. The fourth-order valence-corrected chi connectivity index (χ4v) is 1.35. The maximum atomic E-state index is 11.9. The SMILES string of the molecule is CC(Oc1ccc(C(=O)NC(C)(C)C)cc1)C(=O)O. The highest BCUT2D eigenvalue weighted by molar-refractivity contribution is 5.94. The van der Waals surface area contributed by atoms with E-state index in [2.05, 4.69) is 5.32 Å². The highest BCUT2D eigenvalue weighted by Crippen LogP contribution is 2.14. The quantitative estimate of drug-likeness (QED) is 0.873. The minimum absolute atomic E-state index is 0.176. The van der Waals surface area contributed by atoms with E-state index in [-0.39, 0.29) is 11.4 Å². The van der Waals surface area contributed by atoms with Gasteiger partial charge >= 0.3 is 5.97 Å². The lowest BCUT2D eigenvalue weighted by Crippen LogP contribution is -2.40. The molecule has 0 spiro atoms. The molecule has 1 amide bonds. The van der Waals surface area contributed by atoms with E-state index in [1.165, 1.54) is 6.92 Å². The topological polar surface area (TPSA) is 75.6 Å². The Morgan fingerprint density at radius 3 is 2.16 bits per heavy atom. The lowest BCUT2D eigenvalue weighted by molar-refractivity contribution is -0.144. The van der Waals surface area contributed by atoms with Gasteiger partial charge in [0.25, 0.3) is 5.91 Å². The summed E-state index contributed by atoms with van der Waals surface area (Å²) in [5.41, 5.74) is 0.203. The summed E-state index contributed by atoms with van der Waals surface area (Å²) in [6.07, 6.45) is -0.922. The van der Waals surface area contributed by atoms with Crippen molar-refractivity contribution in [1.82, 2.24) is 5.32 Å². The molecule has 0 radical (unpaired) electrons. The minimum atomic E-state index is -1.03. The van der Waals surface area contributed by atoms with Crippen molar-refractivity contribution in [1.29, 1.82) is 0 Å². The van der Waals surface area contributed by atoms with Crippen molar-refractivity contribution in [2.45, 2.75) is 39.3 Å². The highest BCUT2D eigenvalue weighted by Gasteiger charge is 2.16. The number of nitrogens with one attached hydrogen (secondary N) is 1. The van der Waals surface area contributed by atoms with Gasteiger partial charge in [-0.2, -0.15) is 0 Å². The van der Waals surface area contributed by atoms with Gasteiger partial charge in [0.15, 0.2) is 6.10 Å². The van der Waals surface area contributed by atoms with Crippen LogP contribution >= 0.6 is 0 Å². The molecule has 0 aliphatic rings. The third-order valence-electron chi connectivity index (χ3n) is 2.27. The average molecular weight is 265 g/mol. The number of carboxylic acids is 1. The lowest BCUT2D eigenvalue weighted by Gasteiger charge is -2.20. The molecule has 0 saturated heterocycles. The molecule has 1 atom stereocenters. The highest BCUT2D eigenvalue weighted by atomic mass is 16.5. The van der Waals surface area contributed by atoms with Gasteiger partial charge < -0.3 is 15.2 Å². The van der Waals surface area contributed by atoms with E-state index < -0.39 is 12.1 Å². The second-order valence-corrected chi connectivity index (χ2v) is 5.33. The molecule has 1 rings (SSSR count). The number of aliphatic carboxylic acids is 1. The number of rotatable bonds is 4. The van der Waals surface area contributed by atoms with Crippen molar-refractivity contribution < 1.29 is 19.4 Å². The van der Waals surface area contributed by atoms with Gasteiger partial charge in [-0.3, -0.25) is 4.79 Å². The summed E-state index contributed by atoms with van der Waals surface area (Å²) in [6, 6.07) is 6.37. The van der Waals surface area contributed by atoms with Crippen LogP contribution in [0.1, 0.15) is 38.1 Å².